The van der Waals surface area contributed by atoms with Crippen molar-refractivity contribution in [3.05, 3.63) is 52.8 Å². The summed E-state index contributed by atoms with van der Waals surface area (Å²) in [4.78, 5) is 27.9. The second-order valence-electron chi connectivity index (χ2n) is 4.80. The number of benzene rings is 1. The summed E-state index contributed by atoms with van der Waals surface area (Å²) in [6.45, 7) is 0. The van der Waals surface area contributed by atoms with Gasteiger partial charge in [-0.05, 0) is 18.2 Å². The molecule has 0 fully saturated rings. The average Bonchev–Trinajstić information content (AvgIpc) is 2.94. The van der Waals surface area contributed by atoms with E-state index in [9.17, 15) is 31.5 Å². The monoisotopic (exact) mass is 363 g/mol. The van der Waals surface area contributed by atoms with E-state index in [1.165, 1.54) is 7.05 Å². The fourth-order valence-corrected chi connectivity index (χ4v) is 1.87. The summed E-state index contributed by atoms with van der Waals surface area (Å²) in [5.74, 6) is -2.48. The van der Waals surface area contributed by atoms with Crippen LogP contribution in [0, 0.1) is 0 Å². The van der Waals surface area contributed by atoms with Crippen molar-refractivity contribution in [3.8, 4) is 0 Å². The van der Waals surface area contributed by atoms with Crippen molar-refractivity contribution < 1.29 is 36.4 Å². The van der Waals surface area contributed by atoms with Crippen LogP contribution in [0.5, 0.6) is 0 Å². The highest BCUT2D eigenvalue weighted by molar-refractivity contribution is 5.96. The molecule has 134 valence electrons. The third-order valence-corrected chi connectivity index (χ3v) is 2.97. The number of aromatic nitrogens is 2. The smallest absolute Gasteiger partial charge is 0.335 e. The molecule has 0 aliphatic rings. The Labute approximate surface area is 137 Å². The predicted octanol–water partition coefficient (Wildman–Crippen LogP) is 2.88. The fraction of sp³-hybridized carbons (Fsp3) is 0.214. The Morgan fingerprint density at radius 1 is 1.28 bits per heavy atom. The van der Waals surface area contributed by atoms with Gasteiger partial charge in [0.2, 0.25) is 0 Å². The Hall–Kier alpha value is -2.98. The van der Waals surface area contributed by atoms with Crippen LogP contribution in [-0.4, -0.2) is 21.7 Å². The highest BCUT2D eigenvalue weighted by Crippen LogP contribution is 2.29. The van der Waals surface area contributed by atoms with Crippen LogP contribution in [0.2, 0.25) is 0 Å². The molecule has 1 heterocycles. The molecule has 1 amide bonds. The number of hydrogen-bond acceptors (Lipinski definition) is 4. The molecular formula is C14H10F5N3O3. The van der Waals surface area contributed by atoms with Gasteiger partial charge in [-0.1, -0.05) is 6.07 Å². The lowest BCUT2D eigenvalue weighted by molar-refractivity contribution is -0.137. The minimum absolute atomic E-state index is 0.476. The minimum atomic E-state index is -4.67. The van der Waals surface area contributed by atoms with E-state index < -0.39 is 46.9 Å². The van der Waals surface area contributed by atoms with Crippen molar-refractivity contribution in [1.29, 1.82) is 0 Å². The molecule has 0 bridgehead atoms. The number of hydrogen-bond donors (Lipinski definition) is 1. The van der Waals surface area contributed by atoms with Crippen molar-refractivity contribution in [1.82, 2.24) is 15.3 Å². The van der Waals surface area contributed by atoms with Crippen LogP contribution in [-0.2, 0) is 18.1 Å². The molecule has 0 aliphatic heterocycles. The Morgan fingerprint density at radius 2 is 1.96 bits per heavy atom. The van der Waals surface area contributed by atoms with Gasteiger partial charge in [-0.15, -0.1) is 0 Å². The number of alkyl halides is 5. The van der Waals surface area contributed by atoms with Crippen molar-refractivity contribution in [3.63, 3.8) is 0 Å². The zero-order valence-corrected chi connectivity index (χ0v) is 12.5. The number of nitrogens with one attached hydrogen (secondary N) is 1. The summed E-state index contributed by atoms with van der Waals surface area (Å²) in [6.07, 6.45) is -6.72. The molecule has 2 rings (SSSR count). The Bertz CT molecular complexity index is 801. The molecule has 25 heavy (non-hydrogen) atoms. The molecule has 0 unspecified atom stereocenters. The van der Waals surface area contributed by atoms with Gasteiger partial charge in [0.15, 0.2) is 0 Å². The van der Waals surface area contributed by atoms with Crippen LogP contribution in [0.4, 0.5) is 22.0 Å². The van der Waals surface area contributed by atoms with E-state index in [1.807, 2.05) is 0 Å². The lowest BCUT2D eigenvalue weighted by atomic mass is 10.1. The third-order valence-electron chi connectivity index (χ3n) is 2.97. The van der Waals surface area contributed by atoms with Gasteiger partial charge >= 0.3 is 12.1 Å². The topological polar surface area (TPSA) is 73.2 Å². The van der Waals surface area contributed by atoms with Gasteiger partial charge in [0.05, 0.1) is 16.7 Å². The fourth-order valence-electron chi connectivity index (χ4n) is 1.87. The number of aryl methyl sites for hydroxylation is 1. The van der Waals surface area contributed by atoms with Crippen LogP contribution in [0.15, 0.2) is 30.5 Å². The zero-order chi connectivity index (χ0) is 18.8. The number of carbonyl (C=O) groups excluding carboxylic acids is 2. The molecule has 1 aromatic carbocycles. The maximum absolute atomic E-state index is 12.8. The first-order valence-electron chi connectivity index (χ1n) is 6.60. The first kappa shape index (κ1) is 18.4. The van der Waals surface area contributed by atoms with Gasteiger partial charge in [-0.3, -0.25) is 9.48 Å². The minimum Gasteiger partial charge on any atom is -0.335 e. The summed E-state index contributed by atoms with van der Waals surface area (Å²) >= 11 is 0. The van der Waals surface area contributed by atoms with Gasteiger partial charge in [0, 0.05) is 13.2 Å². The molecule has 6 nitrogen and oxygen atoms in total. The van der Waals surface area contributed by atoms with Gasteiger partial charge in [-0.2, -0.15) is 23.8 Å². The second-order valence-corrected chi connectivity index (χ2v) is 4.80. The average molecular weight is 363 g/mol. The molecule has 0 aliphatic carbocycles. The highest BCUT2D eigenvalue weighted by Gasteiger charge is 2.31. The molecule has 0 saturated heterocycles. The van der Waals surface area contributed by atoms with E-state index in [0.717, 1.165) is 29.1 Å². The van der Waals surface area contributed by atoms with Gasteiger partial charge in [0.25, 0.3) is 12.3 Å². The lowest BCUT2D eigenvalue weighted by Crippen LogP contribution is -2.27. The summed E-state index contributed by atoms with van der Waals surface area (Å²) in [5, 5.41) is 3.40. The maximum atomic E-state index is 12.8. The van der Waals surface area contributed by atoms with Crippen molar-refractivity contribution >= 4 is 11.9 Å². The normalized spacial score (nSPS) is 11.5. The van der Waals surface area contributed by atoms with E-state index in [-0.39, 0.29) is 0 Å². The van der Waals surface area contributed by atoms with E-state index in [2.05, 4.69) is 9.94 Å². The molecule has 0 radical (unpaired) electrons. The number of hydroxylamine groups is 1. The Kier molecular flexibility index (Phi) is 5.04. The van der Waals surface area contributed by atoms with Gasteiger partial charge in [0.1, 0.15) is 5.69 Å². The number of nitrogens with zero attached hydrogens (tertiary/aromatic N) is 2. The standard InChI is InChI=1S/C14H10F5N3O3/c1-22-6-9(10(20-22)11(15)16)12(23)21-25-13(24)7-3-2-4-8(5-7)14(17,18)19/h2-6,11H,1H3,(H,21,23). The molecule has 1 N–H and O–H groups in total. The van der Waals surface area contributed by atoms with Crippen LogP contribution < -0.4 is 5.48 Å². The lowest BCUT2D eigenvalue weighted by Gasteiger charge is -2.09. The molecule has 1 aromatic heterocycles. The summed E-state index contributed by atoms with van der Waals surface area (Å²) < 4.78 is 64.2. The van der Waals surface area contributed by atoms with Crippen LogP contribution in [0.25, 0.3) is 0 Å². The molecular weight excluding hydrogens is 353 g/mol. The second kappa shape index (κ2) is 6.87. The largest absolute Gasteiger partial charge is 0.416 e. The van der Waals surface area contributed by atoms with E-state index >= 15 is 0 Å². The van der Waals surface area contributed by atoms with Gasteiger partial charge in [-0.25, -0.2) is 13.6 Å². The van der Waals surface area contributed by atoms with Crippen molar-refractivity contribution in [2.45, 2.75) is 12.6 Å². The number of halogens is 5. The van der Waals surface area contributed by atoms with Gasteiger partial charge < -0.3 is 4.84 Å². The van der Waals surface area contributed by atoms with E-state index in [4.69, 9.17) is 0 Å². The number of amides is 1. The van der Waals surface area contributed by atoms with Crippen molar-refractivity contribution in [2.75, 3.05) is 0 Å². The molecule has 11 heteroatoms. The van der Waals surface area contributed by atoms with E-state index in [0.29, 0.717) is 6.07 Å². The maximum Gasteiger partial charge on any atom is 0.416 e. The summed E-state index contributed by atoms with van der Waals surface area (Å²) in [5.41, 5.74) is -1.31. The van der Waals surface area contributed by atoms with Crippen LogP contribution in [0.1, 0.15) is 38.4 Å². The Balaban J connectivity index is 2.09. The quantitative estimate of drug-likeness (QED) is 0.672. The van der Waals surface area contributed by atoms with Crippen molar-refractivity contribution in [2.24, 2.45) is 7.05 Å². The van der Waals surface area contributed by atoms with Crippen LogP contribution in [0.3, 0.4) is 0 Å². The first-order chi connectivity index (χ1) is 11.6. The zero-order valence-electron chi connectivity index (χ0n) is 12.5. The molecule has 2 aromatic rings. The molecule has 0 spiro atoms. The summed E-state index contributed by atoms with van der Waals surface area (Å²) in [7, 11) is 1.30. The molecule has 0 atom stereocenters. The van der Waals surface area contributed by atoms with E-state index in [1.54, 1.807) is 5.48 Å². The SMILES string of the molecule is Cn1cc(C(=O)NOC(=O)c2cccc(C(F)(F)F)c2)c(C(F)F)n1. The first-order valence-corrected chi connectivity index (χ1v) is 6.60. The Morgan fingerprint density at radius 3 is 2.56 bits per heavy atom. The third kappa shape index (κ3) is 4.31. The van der Waals surface area contributed by atoms with Crippen LogP contribution >= 0.6 is 0 Å². The summed E-state index contributed by atoms with van der Waals surface area (Å²) in [6, 6.07) is 3.30. The molecule has 0 saturated carbocycles. The highest BCUT2D eigenvalue weighted by atomic mass is 19.4. The number of rotatable bonds is 3. The predicted molar refractivity (Wildman–Crippen MR) is 72.5 cm³/mol. The number of carbonyl (C=O) groups is 2.